The van der Waals surface area contributed by atoms with Crippen molar-refractivity contribution >= 4 is 45.4 Å². The van der Waals surface area contributed by atoms with Gasteiger partial charge in [0.15, 0.2) is 11.5 Å². The van der Waals surface area contributed by atoms with Gasteiger partial charge in [-0.15, -0.1) is 0 Å². The minimum Gasteiger partial charge on any atom is -0.369 e. The number of nitrogens with one attached hydrogen (secondary N) is 2. The molecule has 0 spiro atoms. The molecule has 4 aromatic heterocycles. The molecule has 1 aromatic carbocycles. The highest BCUT2D eigenvalue weighted by Gasteiger charge is 2.26. The average molecular weight is 534 g/mol. The summed E-state index contributed by atoms with van der Waals surface area (Å²) in [6.45, 7) is 4.13. The Morgan fingerprint density at radius 3 is 2.84 bits per heavy atom. The van der Waals surface area contributed by atoms with E-state index in [1.807, 2.05) is 19.3 Å². The number of imidazole rings is 1. The topological polar surface area (TPSA) is 105 Å². The van der Waals surface area contributed by atoms with Gasteiger partial charge in [0.1, 0.15) is 5.52 Å². The Morgan fingerprint density at radius 1 is 1.21 bits per heavy atom. The average Bonchev–Trinajstić information content (AvgIpc) is 3.60. The first-order valence-corrected chi connectivity index (χ1v) is 12.6. The molecule has 5 heterocycles. The fourth-order valence-corrected chi connectivity index (χ4v) is 5.05. The summed E-state index contributed by atoms with van der Waals surface area (Å²) in [7, 11) is 1.83. The number of anilines is 2. The van der Waals surface area contributed by atoms with E-state index in [2.05, 4.69) is 35.6 Å². The molecule has 1 amide bonds. The third kappa shape index (κ3) is 4.66. The van der Waals surface area contributed by atoms with Crippen LogP contribution >= 0.6 is 11.6 Å². The maximum atomic E-state index is 14.5. The first-order chi connectivity index (χ1) is 18.3. The van der Waals surface area contributed by atoms with Crippen molar-refractivity contribution in [1.82, 2.24) is 34.4 Å². The zero-order valence-corrected chi connectivity index (χ0v) is 21.6. The fraction of sp³-hybridized carbons (Fsp3) is 0.269. The van der Waals surface area contributed by atoms with Crippen molar-refractivity contribution in [3.05, 3.63) is 77.1 Å². The molecule has 0 radical (unpaired) electrons. The smallest absolute Gasteiger partial charge is 0.257 e. The van der Waals surface area contributed by atoms with Crippen LogP contribution in [0.5, 0.6) is 0 Å². The van der Waals surface area contributed by atoms with Gasteiger partial charge < -0.3 is 19.9 Å². The lowest BCUT2D eigenvalue weighted by molar-refractivity contribution is 0.102. The van der Waals surface area contributed by atoms with E-state index in [0.717, 1.165) is 36.1 Å². The summed E-state index contributed by atoms with van der Waals surface area (Å²) in [6.07, 6.45) is 9.70. The molecule has 38 heavy (non-hydrogen) atoms. The second-order valence-electron chi connectivity index (χ2n) is 9.51. The van der Waals surface area contributed by atoms with Crippen LogP contribution in [0, 0.1) is 12.7 Å². The van der Waals surface area contributed by atoms with E-state index in [0.29, 0.717) is 29.0 Å². The zero-order valence-electron chi connectivity index (χ0n) is 20.8. The number of benzene rings is 1. The molecule has 0 saturated carbocycles. The van der Waals surface area contributed by atoms with Gasteiger partial charge in [0, 0.05) is 86.4 Å². The van der Waals surface area contributed by atoms with Crippen molar-refractivity contribution in [3.8, 4) is 0 Å². The molecular weight excluding hydrogens is 509 g/mol. The lowest BCUT2D eigenvalue weighted by Gasteiger charge is -2.20. The van der Waals surface area contributed by atoms with Gasteiger partial charge in [-0.25, -0.2) is 19.3 Å². The first kappa shape index (κ1) is 24.3. The van der Waals surface area contributed by atoms with Gasteiger partial charge in [0.25, 0.3) is 5.91 Å². The van der Waals surface area contributed by atoms with Crippen LogP contribution in [0.4, 0.5) is 15.8 Å². The third-order valence-corrected chi connectivity index (χ3v) is 6.89. The number of nitrogens with zero attached hydrogens (tertiary/aromatic N) is 7. The Hall–Kier alpha value is -4.09. The van der Waals surface area contributed by atoms with E-state index in [4.69, 9.17) is 11.6 Å². The molecule has 0 aliphatic carbocycles. The number of rotatable bonds is 6. The minimum atomic E-state index is -0.505. The molecule has 194 valence electrons. The second-order valence-corrected chi connectivity index (χ2v) is 9.85. The molecular formula is C26H25ClFN9O. The van der Waals surface area contributed by atoms with Crippen molar-refractivity contribution in [2.75, 3.05) is 23.3 Å². The maximum absolute atomic E-state index is 14.5. The number of pyridine rings is 1. The van der Waals surface area contributed by atoms with Gasteiger partial charge in [-0.2, -0.15) is 5.10 Å². The molecule has 2 N–H and O–H groups in total. The Labute approximate surface area is 222 Å². The van der Waals surface area contributed by atoms with Crippen LogP contribution < -0.4 is 15.5 Å². The minimum absolute atomic E-state index is 0.219. The molecule has 10 nitrogen and oxygen atoms in total. The fourth-order valence-electron chi connectivity index (χ4n) is 4.95. The highest BCUT2D eigenvalue weighted by molar-refractivity contribution is 6.28. The van der Waals surface area contributed by atoms with E-state index in [-0.39, 0.29) is 22.9 Å². The summed E-state index contributed by atoms with van der Waals surface area (Å²) in [4.78, 5) is 27.8. The summed E-state index contributed by atoms with van der Waals surface area (Å²) in [6, 6.07) is 5.30. The number of carbonyl (C=O) groups is 1. The van der Waals surface area contributed by atoms with E-state index in [1.54, 1.807) is 46.9 Å². The quantitative estimate of drug-likeness (QED) is 0.320. The number of halogens is 2. The highest BCUT2D eigenvalue weighted by Crippen LogP contribution is 2.32. The molecule has 1 aliphatic rings. The van der Waals surface area contributed by atoms with E-state index in [1.165, 1.54) is 6.07 Å². The van der Waals surface area contributed by atoms with Crippen LogP contribution in [-0.2, 0) is 13.6 Å². The molecule has 5 aromatic rings. The molecule has 0 bridgehead atoms. The molecule has 6 rings (SSSR count). The van der Waals surface area contributed by atoms with Gasteiger partial charge in [0.05, 0.1) is 16.9 Å². The molecule has 12 heteroatoms. The summed E-state index contributed by atoms with van der Waals surface area (Å²) >= 11 is 5.77. The molecule has 1 saturated heterocycles. The highest BCUT2D eigenvalue weighted by atomic mass is 35.5. The number of aromatic nitrogens is 6. The van der Waals surface area contributed by atoms with E-state index >= 15 is 0 Å². The number of carbonyl (C=O) groups excluding carboxylic acids is 1. The van der Waals surface area contributed by atoms with Gasteiger partial charge in [-0.1, -0.05) is 0 Å². The number of aryl methyl sites for hydroxylation is 2. The summed E-state index contributed by atoms with van der Waals surface area (Å²) in [5.41, 5.74) is 4.25. The Morgan fingerprint density at radius 2 is 2.03 bits per heavy atom. The van der Waals surface area contributed by atoms with Crippen LogP contribution in [-0.4, -0.2) is 54.2 Å². The van der Waals surface area contributed by atoms with Crippen LogP contribution in [0.3, 0.4) is 0 Å². The monoisotopic (exact) mass is 533 g/mol. The maximum Gasteiger partial charge on any atom is 0.257 e. The number of hydrogen-bond donors (Lipinski definition) is 2. The van der Waals surface area contributed by atoms with Gasteiger partial charge >= 0.3 is 0 Å². The standard InChI is InChI=1S/C26H25ClFN9O/c1-15-11-37-13-18(7-21(28)24(37)32-15)33-25(38)19-3-4-22(20-14-35(2)34-23(19)20)36-6-5-17(12-36)29-8-16-9-30-26(27)31-10-16/h3-4,7,9-11,13-14,17,29H,5-6,8,12H2,1-2H3,(H,33,38)/t17-/m1/s1. The predicted molar refractivity (Wildman–Crippen MR) is 143 cm³/mol. The third-order valence-electron chi connectivity index (χ3n) is 6.69. The summed E-state index contributed by atoms with van der Waals surface area (Å²) in [5, 5.41) is 12.1. The first-order valence-electron chi connectivity index (χ1n) is 12.2. The lowest BCUT2D eigenvalue weighted by Crippen LogP contribution is -2.32. The number of amides is 1. The van der Waals surface area contributed by atoms with Crippen LogP contribution in [0.2, 0.25) is 5.28 Å². The van der Waals surface area contributed by atoms with Crippen molar-refractivity contribution in [1.29, 1.82) is 0 Å². The van der Waals surface area contributed by atoms with Crippen LogP contribution in [0.15, 0.2) is 49.2 Å². The van der Waals surface area contributed by atoms with Gasteiger partial charge in [0.2, 0.25) is 5.28 Å². The SMILES string of the molecule is Cc1cn2cc(NC(=O)c3ccc(N4CC[C@@H](NCc5cnc(Cl)nc5)C4)c4cn(C)nc34)cc(F)c2n1. The summed E-state index contributed by atoms with van der Waals surface area (Å²) < 4.78 is 17.8. The molecule has 0 unspecified atom stereocenters. The second kappa shape index (κ2) is 9.66. The summed E-state index contributed by atoms with van der Waals surface area (Å²) in [5.74, 6) is -0.864. The van der Waals surface area contributed by atoms with Crippen LogP contribution in [0.1, 0.15) is 28.0 Å². The Balaban J connectivity index is 1.21. The number of fused-ring (bicyclic) bond motifs is 2. The van der Waals surface area contributed by atoms with Crippen molar-refractivity contribution in [3.63, 3.8) is 0 Å². The van der Waals surface area contributed by atoms with Gasteiger partial charge in [-0.3, -0.25) is 9.48 Å². The predicted octanol–water partition coefficient (Wildman–Crippen LogP) is 3.73. The van der Waals surface area contributed by atoms with Crippen molar-refractivity contribution in [2.45, 2.75) is 25.9 Å². The normalized spacial score (nSPS) is 15.6. The molecule has 1 aliphatic heterocycles. The van der Waals surface area contributed by atoms with Crippen molar-refractivity contribution in [2.24, 2.45) is 7.05 Å². The van der Waals surface area contributed by atoms with Crippen molar-refractivity contribution < 1.29 is 9.18 Å². The lowest BCUT2D eigenvalue weighted by atomic mass is 10.1. The zero-order chi connectivity index (χ0) is 26.4. The van der Waals surface area contributed by atoms with Crippen LogP contribution in [0.25, 0.3) is 16.6 Å². The molecule has 1 fully saturated rings. The largest absolute Gasteiger partial charge is 0.369 e. The molecule has 1 atom stereocenters. The Kier molecular flexibility index (Phi) is 6.16. The van der Waals surface area contributed by atoms with Gasteiger partial charge in [-0.05, 0) is 37.1 Å². The van der Waals surface area contributed by atoms with E-state index < -0.39 is 5.82 Å². The Bertz CT molecular complexity index is 1660. The number of hydrogen-bond acceptors (Lipinski definition) is 7. The van der Waals surface area contributed by atoms with E-state index in [9.17, 15) is 9.18 Å².